The third-order valence-electron chi connectivity index (χ3n) is 5.45. The van der Waals surface area contributed by atoms with Gasteiger partial charge in [-0.2, -0.15) is 0 Å². The van der Waals surface area contributed by atoms with Crippen LogP contribution in [0.25, 0.3) is 0 Å². The maximum Gasteiger partial charge on any atom is 0.343 e. The highest BCUT2D eigenvalue weighted by molar-refractivity contribution is 5.92. The highest BCUT2D eigenvalue weighted by Crippen LogP contribution is 2.21. The highest BCUT2D eigenvalue weighted by Gasteiger charge is 2.18. The molecule has 0 spiro atoms. The lowest BCUT2D eigenvalue weighted by Crippen LogP contribution is -2.16. The number of hydrogen-bond acceptors (Lipinski definition) is 6. The average Bonchev–Trinajstić information content (AvgIpc) is 2.82. The number of halogens is 1. The molecule has 0 aromatic heterocycles. The molecule has 2 aromatic carbocycles. The Balaban J connectivity index is 1.89. The maximum absolute atomic E-state index is 14.5. The zero-order chi connectivity index (χ0) is 25.6. The van der Waals surface area contributed by atoms with Crippen molar-refractivity contribution in [3.8, 4) is 11.5 Å². The Labute approximate surface area is 206 Å². The number of carbonyl (C=O) groups is 3. The second-order valence-corrected chi connectivity index (χ2v) is 8.55. The molecule has 0 aliphatic rings. The van der Waals surface area contributed by atoms with E-state index >= 15 is 0 Å². The summed E-state index contributed by atoms with van der Waals surface area (Å²) in [4.78, 5) is 36.5. The molecule has 2 aromatic rings. The lowest BCUT2D eigenvalue weighted by atomic mass is 10.1. The van der Waals surface area contributed by atoms with Crippen LogP contribution in [0.5, 0.6) is 11.5 Å². The summed E-state index contributed by atoms with van der Waals surface area (Å²) in [6.45, 7) is 5.96. The fourth-order valence-electron chi connectivity index (χ4n) is 3.42. The topological polar surface area (TPSA) is 78.9 Å². The molecule has 0 radical (unpaired) electrons. The SMILES string of the molecule is CCCCCCC(C)OC(=O)c1ccc(OC(=O)c2ccc(OC(=O)CCCCC)cc2)cc1F. The Morgan fingerprint density at radius 3 is 2.11 bits per heavy atom. The molecular formula is C28H35FO6. The first-order chi connectivity index (χ1) is 16.8. The zero-order valence-electron chi connectivity index (χ0n) is 20.8. The fourth-order valence-corrected chi connectivity index (χ4v) is 3.42. The van der Waals surface area contributed by atoms with E-state index in [0.29, 0.717) is 12.2 Å². The van der Waals surface area contributed by atoms with E-state index in [4.69, 9.17) is 14.2 Å². The number of ether oxygens (including phenoxy) is 3. The lowest BCUT2D eigenvalue weighted by Gasteiger charge is -2.14. The molecule has 0 saturated carbocycles. The Kier molecular flexibility index (Phi) is 11.9. The van der Waals surface area contributed by atoms with E-state index in [0.717, 1.165) is 57.4 Å². The van der Waals surface area contributed by atoms with Gasteiger partial charge in [-0.15, -0.1) is 0 Å². The minimum Gasteiger partial charge on any atom is -0.459 e. The van der Waals surface area contributed by atoms with Crippen LogP contribution in [0.1, 0.15) is 99.3 Å². The standard InChI is InChI=1S/C28H35FO6/c1-4-6-8-10-11-20(3)33-28(32)24-18-17-23(19-25(24)29)35-27(31)21-13-15-22(16-14-21)34-26(30)12-9-7-5-2/h13-20H,4-12H2,1-3H3. The zero-order valence-corrected chi connectivity index (χ0v) is 20.8. The van der Waals surface area contributed by atoms with Crippen molar-refractivity contribution in [2.75, 3.05) is 0 Å². The number of esters is 3. The molecule has 0 aliphatic heterocycles. The molecule has 1 atom stereocenters. The molecule has 2 rings (SSSR count). The van der Waals surface area contributed by atoms with Gasteiger partial charge >= 0.3 is 17.9 Å². The minimum absolute atomic E-state index is 0.0388. The van der Waals surface area contributed by atoms with Gasteiger partial charge in [-0.25, -0.2) is 14.0 Å². The minimum atomic E-state index is -0.830. The molecular weight excluding hydrogens is 451 g/mol. The van der Waals surface area contributed by atoms with Gasteiger partial charge in [-0.1, -0.05) is 46.0 Å². The van der Waals surface area contributed by atoms with Crippen molar-refractivity contribution in [1.29, 1.82) is 0 Å². The summed E-state index contributed by atoms with van der Waals surface area (Å²) in [7, 11) is 0. The van der Waals surface area contributed by atoms with E-state index < -0.39 is 17.8 Å². The van der Waals surface area contributed by atoms with Crippen LogP contribution in [-0.2, 0) is 9.53 Å². The fraction of sp³-hybridized carbons (Fsp3) is 0.464. The number of benzene rings is 2. The van der Waals surface area contributed by atoms with E-state index in [1.54, 1.807) is 6.92 Å². The highest BCUT2D eigenvalue weighted by atomic mass is 19.1. The van der Waals surface area contributed by atoms with Crippen molar-refractivity contribution in [2.24, 2.45) is 0 Å². The van der Waals surface area contributed by atoms with Crippen LogP contribution in [0, 0.1) is 5.82 Å². The number of rotatable bonds is 14. The number of unbranched alkanes of at least 4 members (excludes halogenated alkanes) is 5. The first kappa shape index (κ1) is 28.0. The van der Waals surface area contributed by atoms with Crippen molar-refractivity contribution in [3.63, 3.8) is 0 Å². The molecule has 0 fully saturated rings. The molecule has 35 heavy (non-hydrogen) atoms. The van der Waals surface area contributed by atoms with Gasteiger partial charge < -0.3 is 14.2 Å². The van der Waals surface area contributed by atoms with Crippen molar-refractivity contribution in [2.45, 2.75) is 84.7 Å². The monoisotopic (exact) mass is 486 g/mol. The van der Waals surface area contributed by atoms with Crippen LogP contribution < -0.4 is 9.47 Å². The molecule has 1 unspecified atom stereocenters. The van der Waals surface area contributed by atoms with E-state index in [-0.39, 0.29) is 28.9 Å². The van der Waals surface area contributed by atoms with E-state index in [1.165, 1.54) is 36.4 Å². The van der Waals surface area contributed by atoms with Crippen molar-refractivity contribution < 1.29 is 33.0 Å². The molecule has 0 heterocycles. The molecule has 0 amide bonds. The summed E-state index contributed by atoms with van der Waals surface area (Å²) >= 11 is 0. The van der Waals surface area contributed by atoms with Crippen molar-refractivity contribution >= 4 is 17.9 Å². The Morgan fingerprint density at radius 2 is 1.46 bits per heavy atom. The normalized spacial score (nSPS) is 11.5. The predicted octanol–water partition coefficient (Wildman–Crippen LogP) is 7.05. The van der Waals surface area contributed by atoms with Crippen LogP contribution >= 0.6 is 0 Å². The van der Waals surface area contributed by atoms with Gasteiger partial charge in [-0.3, -0.25) is 4.79 Å². The molecule has 7 heteroatoms. The smallest absolute Gasteiger partial charge is 0.343 e. The lowest BCUT2D eigenvalue weighted by molar-refractivity contribution is -0.134. The van der Waals surface area contributed by atoms with Crippen LogP contribution in [-0.4, -0.2) is 24.0 Å². The largest absolute Gasteiger partial charge is 0.459 e. The Bertz CT molecular complexity index is 970. The van der Waals surface area contributed by atoms with Gasteiger partial charge in [0.1, 0.15) is 17.3 Å². The van der Waals surface area contributed by atoms with Gasteiger partial charge in [0.2, 0.25) is 0 Å². The van der Waals surface area contributed by atoms with Gasteiger partial charge in [0.25, 0.3) is 0 Å². The summed E-state index contributed by atoms with van der Waals surface area (Å²) < 4.78 is 30.3. The van der Waals surface area contributed by atoms with Gasteiger partial charge in [0.15, 0.2) is 0 Å². The summed E-state index contributed by atoms with van der Waals surface area (Å²) in [5, 5.41) is 0. The summed E-state index contributed by atoms with van der Waals surface area (Å²) in [5.41, 5.74) is -0.00751. The van der Waals surface area contributed by atoms with Gasteiger partial charge in [0.05, 0.1) is 17.2 Å². The third kappa shape index (κ3) is 9.89. The molecule has 0 saturated heterocycles. The van der Waals surface area contributed by atoms with Crippen LogP contribution in [0.4, 0.5) is 4.39 Å². The molecule has 190 valence electrons. The first-order valence-electron chi connectivity index (χ1n) is 12.4. The summed E-state index contributed by atoms with van der Waals surface area (Å²) in [6.07, 6.45) is 7.76. The maximum atomic E-state index is 14.5. The van der Waals surface area contributed by atoms with E-state index in [9.17, 15) is 18.8 Å². The molecule has 0 N–H and O–H groups in total. The Hall–Kier alpha value is -3.22. The Morgan fingerprint density at radius 1 is 0.800 bits per heavy atom. The first-order valence-corrected chi connectivity index (χ1v) is 12.4. The van der Waals surface area contributed by atoms with E-state index in [1.807, 2.05) is 0 Å². The van der Waals surface area contributed by atoms with Gasteiger partial charge in [0, 0.05) is 12.5 Å². The molecule has 6 nitrogen and oxygen atoms in total. The molecule has 0 aliphatic carbocycles. The number of carbonyl (C=O) groups excluding carboxylic acids is 3. The third-order valence-corrected chi connectivity index (χ3v) is 5.45. The van der Waals surface area contributed by atoms with E-state index in [2.05, 4.69) is 13.8 Å². The van der Waals surface area contributed by atoms with Crippen molar-refractivity contribution in [1.82, 2.24) is 0 Å². The predicted molar refractivity (Wildman–Crippen MR) is 131 cm³/mol. The quantitative estimate of drug-likeness (QED) is 0.162. The van der Waals surface area contributed by atoms with Crippen LogP contribution in [0.15, 0.2) is 42.5 Å². The average molecular weight is 487 g/mol. The second-order valence-electron chi connectivity index (χ2n) is 8.55. The van der Waals surface area contributed by atoms with Crippen LogP contribution in [0.3, 0.4) is 0 Å². The van der Waals surface area contributed by atoms with Gasteiger partial charge in [-0.05, 0) is 62.6 Å². The van der Waals surface area contributed by atoms with Crippen molar-refractivity contribution in [3.05, 3.63) is 59.4 Å². The van der Waals surface area contributed by atoms with Crippen LogP contribution in [0.2, 0.25) is 0 Å². The summed E-state index contributed by atoms with van der Waals surface area (Å²) in [6, 6.07) is 9.48. The number of hydrogen-bond donors (Lipinski definition) is 0. The summed E-state index contributed by atoms with van der Waals surface area (Å²) in [5.74, 6) is -2.32. The second kappa shape index (κ2) is 14.9. The molecule has 0 bridgehead atoms.